The summed E-state index contributed by atoms with van der Waals surface area (Å²) in [5.41, 5.74) is 0.528. The molecule has 0 bridgehead atoms. The molecule has 1 aromatic rings. The van der Waals surface area contributed by atoms with Crippen molar-refractivity contribution in [3.63, 3.8) is 0 Å². The van der Waals surface area contributed by atoms with Crippen LogP contribution in [0.25, 0.3) is 0 Å². The fourth-order valence-electron chi connectivity index (χ4n) is 1.54. The third-order valence-corrected chi connectivity index (χ3v) is 5.99. The van der Waals surface area contributed by atoms with Gasteiger partial charge in [0.1, 0.15) is 4.21 Å². The minimum atomic E-state index is -3.46. The van der Waals surface area contributed by atoms with Gasteiger partial charge in [-0.05, 0) is 21.5 Å². The summed E-state index contributed by atoms with van der Waals surface area (Å²) < 4.78 is 36.4. The number of halogens is 2. The minimum absolute atomic E-state index is 0.0270. The van der Waals surface area contributed by atoms with Gasteiger partial charge in [0.15, 0.2) is 21.8 Å². The number of Topliss-reactive ketones (excluding diaryl/α,β-unsaturated/α-hetero) is 1. The summed E-state index contributed by atoms with van der Waals surface area (Å²) >= 11 is 4.12. The maximum Gasteiger partial charge on any atom is 0.199 e. The van der Waals surface area contributed by atoms with Crippen molar-refractivity contribution in [3.8, 4) is 0 Å². The van der Waals surface area contributed by atoms with Gasteiger partial charge in [-0.3, -0.25) is 4.79 Å². The number of rotatable bonds is 1. The highest BCUT2D eigenvalue weighted by Crippen LogP contribution is 2.41. The molecule has 0 saturated heterocycles. The second-order valence-electron chi connectivity index (χ2n) is 3.32. The zero-order chi connectivity index (χ0) is 11.4. The average molecular weight is 313 g/mol. The van der Waals surface area contributed by atoms with Crippen molar-refractivity contribution in [2.75, 3.05) is 6.26 Å². The third-order valence-electron chi connectivity index (χ3n) is 2.18. The molecular formula is C8H6BrFO3S2. The molecule has 1 unspecified atom stereocenters. The van der Waals surface area contributed by atoms with E-state index in [-0.39, 0.29) is 16.2 Å². The highest BCUT2D eigenvalue weighted by molar-refractivity contribution is 9.11. The van der Waals surface area contributed by atoms with E-state index in [1.807, 2.05) is 0 Å². The molecule has 7 heteroatoms. The lowest BCUT2D eigenvalue weighted by molar-refractivity contribution is 0.0896. The summed E-state index contributed by atoms with van der Waals surface area (Å²) in [5, 5.41) is 0. The Morgan fingerprint density at radius 2 is 2.13 bits per heavy atom. The minimum Gasteiger partial charge on any atom is -0.291 e. The normalized spacial score (nSPS) is 20.7. The topological polar surface area (TPSA) is 51.2 Å². The predicted octanol–water partition coefficient (Wildman–Crippen LogP) is 1.99. The molecule has 2 rings (SSSR count). The van der Waals surface area contributed by atoms with Gasteiger partial charge in [0.25, 0.3) is 0 Å². The Hall–Kier alpha value is -0.270. The summed E-state index contributed by atoms with van der Waals surface area (Å²) in [7, 11) is -3.46. The van der Waals surface area contributed by atoms with E-state index in [1.54, 1.807) is 0 Å². The first-order valence-corrected chi connectivity index (χ1v) is 7.52. The first-order chi connectivity index (χ1) is 6.82. The number of carbonyl (C=O) groups excluding carboxylic acids is 1. The zero-order valence-corrected chi connectivity index (χ0v) is 10.8. The Morgan fingerprint density at radius 1 is 1.53 bits per heavy atom. The monoisotopic (exact) mass is 312 g/mol. The second-order valence-corrected chi connectivity index (χ2v) is 7.87. The van der Waals surface area contributed by atoms with Gasteiger partial charge < -0.3 is 0 Å². The summed E-state index contributed by atoms with van der Waals surface area (Å²) in [5.74, 6) is -0.715. The fourth-order valence-corrected chi connectivity index (χ4v) is 4.95. The number of fused-ring (bicyclic) bond motifs is 1. The van der Waals surface area contributed by atoms with Crippen molar-refractivity contribution in [3.05, 3.63) is 14.9 Å². The van der Waals surface area contributed by atoms with E-state index in [0.717, 1.165) is 17.6 Å². The van der Waals surface area contributed by atoms with Crippen molar-refractivity contribution in [2.24, 2.45) is 0 Å². The molecule has 1 aromatic heterocycles. The van der Waals surface area contributed by atoms with E-state index in [2.05, 4.69) is 15.9 Å². The largest absolute Gasteiger partial charge is 0.291 e. The first kappa shape index (κ1) is 11.2. The fraction of sp³-hybridized carbons (Fsp3) is 0.375. The van der Waals surface area contributed by atoms with Crippen LogP contribution in [0.5, 0.6) is 0 Å². The summed E-state index contributed by atoms with van der Waals surface area (Å²) in [4.78, 5) is 11.4. The van der Waals surface area contributed by atoms with Gasteiger partial charge >= 0.3 is 0 Å². The van der Waals surface area contributed by atoms with E-state index in [0.29, 0.717) is 9.35 Å². The lowest BCUT2D eigenvalue weighted by atomic mass is 10.2. The lowest BCUT2D eigenvalue weighted by Gasteiger charge is -1.97. The Balaban J connectivity index is 2.74. The number of hydrogen-bond donors (Lipinski definition) is 0. The smallest absolute Gasteiger partial charge is 0.199 e. The van der Waals surface area contributed by atoms with Crippen LogP contribution in [0, 0.1) is 0 Å². The maximum absolute atomic E-state index is 13.1. The van der Waals surface area contributed by atoms with Crippen molar-refractivity contribution in [1.29, 1.82) is 0 Å². The Morgan fingerprint density at radius 3 is 2.67 bits per heavy atom. The van der Waals surface area contributed by atoms with Gasteiger partial charge in [0.05, 0.1) is 9.35 Å². The molecule has 82 valence electrons. The SMILES string of the molecule is CS(=O)(=O)c1sc(Br)c2c1C(=O)C(F)C2. The molecule has 0 spiro atoms. The Bertz CT molecular complexity index is 546. The van der Waals surface area contributed by atoms with Crippen LogP contribution in [-0.2, 0) is 16.3 Å². The van der Waals surface area contributed by atoms with Crippen LogP contribution in [0.2, 0.25) is 0 Å². The van der Waals surface area contributed by atoms with Gasteiger partial charge in [0, 0.05) is 12.7 Å². The van der Waals surface area contributed by atoms with E-state index in [4.69, 9.17) is 0 Å². The molecule has 1 aliphatic carbocycles. The predicted molar refractivity (Wildman–Crippen MR) is 58.1 cm³/mol. The number of alkyl halides is 1. The summed E-state index contributed by atoms with van der Waals surface area (Å²) in [6.45, 7) is 0. The molecule has 0 aliphatic heterocycles. The third kappa shape index (κ3) is 1.66. The highest BCUT2D eigenvalue weighted by Gasteiger charge is 2.38. The molecule has 0 N–H and O–H groups in total. The van der Waals surface area contributed by atoms with Gasteiger partial charge in [-0.1, -0.05) is 0 Å². The van der Waals surface area contributed by atoms with Crippen molar-refractivity contribution in [1.82, 2.24) is 0 Å². The molecule has 0 amide bonds. The first-order valence-electron chi connectivity index (χ1n) is 4.02. The van der Waals surface area contributed by atoms with E-state index in [1.165, 1.54) is 0 Å². The van der Waals surface area contributed by atoms with E-state index >= 15 is 0 Å². The lowest BCUT2D eigenvalue weighted by Crippen LogP contribution is -2.11. The zero-order valence-electron chi connectivity index (χ0n) is 7.58. The average Bonchev–Trinajstić information content (AvgIpc) is 2.54. The quantitative estimate of drug-likeness (QED) is 0.797. The van der Waals surface area contributed by atoms with E-state index in [9.17, 15) is 17.6 Å². The van der Waals surface area contributed by atoms with Crippen LogP contribution < -0.4 is 0 Å². The summed E-state index contributed by atoms with van der Waals surface area (Å²) in [6.07, 6.45) is -0.606. The van der Waals surface area contributed by atoms with Crippen molar-refractivity contribution < 1.29 is 17.6 Å². The second kappa shape index (κ2) is 3.36. The molecule has 1 aliphatic rings. The molecule has 3 nitrogen and oxygen atoms in total. The molecular weight excluding hydrogens is 307 g/mol. The Kier molecular flexibility index (Phi) is 2.51. The molecule has 0 aromatic carbocycles. The number of thiophene rings is 1. The van der Waals surface area contributed by atoms with Crippen LogP contribution in [0.1, 0.15) is 15.9 Å². The molecule has 0 saturated carbocycles. The Labute approximate surface area is 98.3 Å². The standard InChI is InChI=1S/C8H6BrFO3S2/c1-15(12,13)8-5-3(7(9)14-8)2-4(10)6(5)11/h4H,2H2,1H3. The van der Waals surface area contributed by atoms with Crippen molar-refractivity contribution >= 4 is 42.9 Å². The van der Waals surface area contributed by atoms with Crippen molar-refractivity contribution in [2.45, 2.75) is 16.8 Å². The number of ketones is 1. The number of hydrogen-bond acceptors (Lipinski definition) is 4. The van der Waals surface area contributed by atoms with Crippen LogP contribution in [0.15, 0.2) is 8.00 Å². The highest BCUT2D eigenvalue weighted by atomic mass is 79.9. The van der Waals surface area contributed by atoms with Crippen LogP contribution in [0.3, 0.4) is 0 Å². The van der Waals surface area contributed by atoms with Crippen LogP contribution in [0.4, 0.5) is 4.39 Å². The van der Waals surface area contributed by atoms with Gasteiger partial charge in [0.2, 0.25) is 0 Å². The van der Waals surface area contributed by atoms with Gasteiger partial charge in [-0.2, -0.15) is 0 Å². The molecule has 1 heterocycles. The van der Waals surface area contributed by atoms with Gasteiger partial charge in [-0.25, -0.2) is 12.8 Å². The van der Waals surface area contributed by atoms with Crippen LogP contribution >= 0.6 is 27.3 Å². The summed E-state index contributed by atoms with van der Waals surface area (Å²) in [6, 6.07) is 0. The molecule has 15 heavy (non-hydrogen) atoms. The van der Waals surface area contributed by atoms with E-state index < -0.39 is 21.8 Å². The number of carbonyl (C=O) groups is 1. The van der Waals surface area contributed by atoms with Crippen LogP contribution in [-0.4, -0.2) is 26.6 Å². The molecule has 0 radical (unpaired) electrons. The molecule has 0 fully saturated rings. The maximum atomic E-state index is 13.1. The number of sulfone groups is 1. The van der Waals surface area contributed by atoms with Gasteiger partial charge in [-0.15, -0.1) is 11.3 Å². The molecule has 1 atom stereocenters.